The van der Waals surface area contributed by atoms with Crippen LogP contribution in [0.2, 0.25) is 0 Å². The van der Waals surface area contributed by atoms with E-state index in [0.717, 1.165) is 5.56 Å². The Morgan fingerprint density at radius 3 is 2.88 bits per heavy atom. The molecule has 1 aromatic rings. The van der Waals surface area contributed by atoms with Crippen molar-refractivity contribution in [3.05, 3.63) is 29.8 Å². The van der Waals surface area contributed by atoms with E-state index in [1.165, 1.54) is 0 Å². The van der Waals surface area contributed by atoms with Crippen molar-refractivity contribution in [1.29, 1.82) is 0 Å². The van der Waals surface area contributed by atoms with Crippen LogP contribution >= 0.6 is 0 Å². The maximum absolute atomic E-state index is 11.0. The molecular weight excluding hydrogens is 230 g/mol. The molecule has 2 N–H and O–H groups in total. The van der Waals surface area contributed by atoms with Gasteiger partial charge in [0.1, 0.15) is 0 Å². The van der Waals surface area contributed by atoms with Gasteiger partial charge in [-0.3, -0.25) is 4.55 Å². The molecule has 5 nitrogen and oxygen atoms in total. The quantitative estimate of drug-likeness (QED) is 0.727. The fourth-order valence-corrected chi connectivity index (χ4v) is 2.32. The van der Waals surface area contributed by atoms with Crippen LogP contribution in [0.3, 0.4) is 0 Å². The lowest BCUT2D eigenvalue weighted by atomic mass is 9.95. The molecule has 1 atom stereocenters. The van der Waals surface area contributed by atoms with Crippen molar-refractivity contribution < 1.29 is 17.7 Å². The minimum atomic E-state index is -4.28. The Morgan fingerprint density at radius 1 is 1.56 bits per heavy atom. The van der Waals surface area contributed by atoms with Gasteiger partial charge in [0.2, 0.25) is 0 Å². The van der Waals surface area contributed by atoms with E-state index in [-0.39, 0.29) is 0 Å². The molecule has 0 bridgehead atoms. The highest BCUT2D eigenvalue weighted by molar-refractivity contribution is 7.86. The van der Waals surface area contributed by atoms with Gasteiger partial charge >= 0.3 is 10.1 Å². The maximum atomic E-state index is 11.0. The number of rotatable bonds is 1. The summed E-state index contributed by atoms with van der Waals surface area (Å²) in [5, 5.41) is 2.61. The molecule has 0 saturated carbocycles. The highest BCUT2D eigenvalue weighted by atomic mass is 32.2. The van der Waals surface area contributed by atoms with Gasteiger partial charge in [-0.25, -0.2) is 0 Å². The Kier molecular flexibility index (Phi) is 2.45. The van der Waals surface area contributed by atoms with Gasteiger partial charge in [0.05, 0.1) is 5.60 Å². The first-order valence-corrected chi connectivity index (χ1v) is 6.22. The van der Waals surface area contributed by atoms with Crippen molar-refractivity contribution in [3.8, 4) is 0 Å². The Morgan fingerprint density at radius 2 is 2.25 bits per heavy atom. The van der Waals surface area contributed by atoms with Crippen LogP contribution in [0.5, 0.6) is 0 Å². The number of hydrogen-bond acceptors (Lipinski definition) is 4. The second kappa shape index (κ2) is 3.44. The average Bonchev–Trinajstić information content (AvgIpc) is 2.15. The Hall–Kier alpha value is -1.11. The SMILES string of the molecule is CC1(C)OC(S(=O)(=O)O)Nc2cc[c]cc21. The van der Waals surface area contributed by atoms with Crippen LogP contribution in [-0.4, -0.2) is 18.5 Å². The largest absolute Gasteiger partial charge is 0.345 e. The van der Waals surface area contributed by atoms with Gasteiger partial charge in [-0.05, 0) is 32.0 Å². The summed E-state index contributed by atoms with van der Waals surface area (Å²) in [4.78, 5) is 0. The minimum Gasteiger partial charge on any atom is -0.345 e. The average molecular weight is 242 g/mol. The van der Waals surface area contributed by atoms with Crippen LogP contribution in [0, 0.1) is 6.07 Å². The Balaban J connectivity index is 2.49. The summed E-state index contributed by atoms with van der Waals surface area (Å²) in [5.74, 6) is 0. The summed E-state index contributed by atoms with van der Waals surface area (Å²) < 4.78 is 36.4. The van der Waals surface area contributed by atoms with E-state index in [2.05, 4.69) is 11.4 Å². The molecule has 1 aliphatic rings. The molecule has 1 heterocycles. The maximum Gasteiger partial charge on any atom is 0.312 e. The number of nitrogens with one attached hydrogen (secondary N) is 1. The van der Waals surface area contributed by atoms with Gasteiger partial charge in [-0.15, -0.1) is 0 Å². The summed E-state index contributed by atoms with van der Waals surface area (Å²) in [6.45, 7) is 3.47. The van der Waals surface area contributed by atoms with E-state index >= 15 is 0 Å². The molecule has 0 saturated heterocycles. The van der Waals surface area contributed by atoms with Gasteiger partial charge in [-0.2, -0.15) is 8.42 Å². The van der Waals surface area contributed by atoms with Crippen molar-refractivity contribution in [2.75, 3.05) is 5.32 Å². The zero-order chi connectivity index (χ0) is 12.0. The Labute approximate surface area is 94.2 Å². The van der Waals surface area contributed by atoms with Crippen LogP contribution in [0.25, 0.3) is 0 Å². The van der Waals surface area contributed by atoms with Crippen molar-refractivity contribution in [3.63, 3.8) is 0 Å². The number of benzene rings is 1. The molecule has 2 rings (SSSR count). The fraction of sp³-hybridized carbons (Fsp3) is 0.400. The van der Waals surface area contributed by atoms with Gasteiger partial charge in [0, 0.05) is 11.3 Å². The third-order valence-electron chi connectivity index (χ3n) is 2.46. The predicted octanol–water partition coefficient (Wildman–Crippen LogP) is 1.34. The zero-order valence-electron chi connectivity index (χ0n) is 8.89. The van der Waals surface area contributed by atoms with E-state index in [4.69, 9.17) is 9.29 Å². The van der Waals surface area contributed by atoms with E-state index in [1.807, 2.05) is 0 Å². The number of anilines is 1. The molecule has 1 aromatic carbocycles. The predicted molar refractivity (Wildman–Crippen MR) is 58.3 cm³/mol. The summed E-state index contributed by atoms with van der Waals surface area (Å²) in [5.41, 5.74) is -0.802. The fourth-order valence-electron chi connectivity index (χ4n) is 1.68. The van der Waals surface area contributed by atoms with Crippen LogP contribution in [0.15, 0.2) is 18.2 Å². The zero-order valence-corrected chi connectivity index (χ0v) is 9.71. The number of hydrogen-bond donors (Lipinski definition) is 2. The molecule has 1 aliphatic heterocycles. The molecule has 0 amide bonds. The summed E-state index contributed by atoms with van der Waals surface area (Å²) in [7, 11) is -4.28. The molecule has 0 spiro atoms. The monoisotopic (exact) mass is 242 g/mol. The van der Waals surface area contributed by atoms with Gasteiger partial charge in [-0.1, -0.05) is 6.07 Å². The lowest BCUT2D eigenvalue weighted by Crippen LogP contribution is -2.43. The molecule has 0 fully saturated rings. The topological polar surface area (TPSA) is 75.6 Å². The number of fused-ring (bicyclic) bond motifs is 1. The van der Waals surface area contributed by atoms with Crippen LogP contribution in [0.4, 0.5) is 5.69 Å². The second-order valence-electron chi connectivity index (χ2n) is 4.09. The Bertz CT molecular complexity index is 509. The van der Waals surface area contributed by atoms with E-state index in [9.17, 15) is 8.42 Å². The molecule has 6 heteroatoms. The molecule has 1 radical (unpaired) electrons. The first-order valence-electron chi connectivity index (χ1n) is 4.72. The molecule has 87 valence electrons. The highest BCUT2D eigenvalue weighted by Gasteiger charge is 2.38. The van der Waals surface area contributed by atoms with Gasteiger partial charge < -0.3 is 10.1 Å². The summed E-state index contributed by atoms with van der Waals surface area (Å²) >= 11 is 0. The van der Waals surface area contributed by atoms with Crippen molar-refractivity contribution in [2.24, 2.45) is 0 Å². The summed E-state index contributed by atoms with van der Waals surface area (Å²) in [6.07, 6.45) is 0. The molecular formula is C10H12NO4S. The lowest BCUT2D eigenvalue weighted by molar-refractivity contribution is -0.0406. The summed E-state index contributed by atoms with van der Waals surface area (Å²) in [6, 6.07) is 7.98. The highest BCUT2D eigenvalue weighted by Crippen LogP contribution is 2.37. The smallest absolute Gasteiger partial charge is 0.312 e. The van der Waals surface area contributed by atoms with Gasteiger partial charge in [0.15, 0.2) is 0 Å². The van der Waals surface area contributed by atoms with E-state index < -0.39 is 21.3 Å². The van der Waals surface area contributed by atoms with Crippen molar-refractivity contribution in [2.45, 2.75) is 25.0 Å². The van der Waals surface area contributed by atoms with Crippen molar-refractivity contribution in [1.82, 2.24) is 0 Å². The lowest BCUT2D eigenvalue weighted by Gasteiger charge is -2.37. The van der Waals surface area contributed by atoms with E-state index in [1.54, 1.807) is 32.0 Å². The van der Waals surface area contributed by atoms with Crippen LogP contribution < -0.4 is 5.32 Å². The first kappa shape index (κ1) is 11.4. The van der Waals surface area contributed by atoms with Crippen molar-refractivity contribution >= 4 is 15.8 Å². The second-order valence-corrected chi connectivity index (χ2v) is 5.55. The third kappa shape index (κ3) is 1.91. The molecule has 1 unspecified atom stereocenters. The third-order valence-corrected chi connectivity index (χ3v) is 3.21. The molecule has 16 heavy (non-hydrogen) atoms. The molecule has 0 aliphatic carbocycles. The molecule has 0 aromatic heterocycles. The van der Waals surface area contributed by atoms with Gasteiger partial charge in [0.25, 0.3) is 5.56 Å². The van der Waals surface area contributed by atoms with E-state index in [0.29, 0.717) is 5.69 Å². The number of ether oxygens (including phenoxy) is 1. The standard InChI is InChI=1S/C10H12NO4S/c1-10(2)7-5-3-4-6-8(7)11-9(15-10)16(12,13)14/h4-6,9,11H,1-2H3,(H,12,13,14). The first-order chi connectivity index (χ1) is 7.31. The minimum absolute atomic E-state index is 0.623. The normalized spacial score (nSPS) is 23.3. The van der Waals surface area contributed by atoms with Crippen LogP contribution in [-0.2, 0) is 20.5 Å². The van der Waals surface area contributed by atoms with Crippen LogP contribution in [0.1, 0.15) is 19.4 Å².